The molecule has 1 aliphatic rings. The van der Waals surface area contributed by atoms with E-state index in [1.807, 2.05) is 0 Å². The predicted octanol–water partition coefficient (Wildman–Crippen LogP) is 2.78. The first-order valence-electron chi connectivity index (χ1n) is 7.30. The zero-order chi connectivity index (χ0) is 15.3. The van der Waals surface area contributed by atoms with Gasteiger partial charge in [0.15, 0.2) is 0 Å². The van der Waals surface area contributed by atoms with Gasteiger partial charge in [-0.3, -0.25) is 9.52 Å². The lowest BCUT2D eigenvalue weighted by atomic mass is 10.0. The second kappa shape index (κ2) is 6.93. The van der Waals surface area contributed by atoms with Crippen LogP contribution in [0.5, 0.6) is 0 Å². The average molecular weight is 311 g/mol. The number of carboxylic acids is 1. The third-order valence-electron chi connectivity index (χ3n) is 3.87. The number of nitrogens with one attached hydrogen (secondary N) is 1. The quantitative estimate of drug-likeness (QED) is 0.846. The molecule has 1 aromatic carbocycles. The Morgan fingerprint density at radius 1 is 1.19 bits per heavy atom. The zero-order valence-corrected chi connectivity index (χ0v) is 12.7. The molecule has 0 heterocycles. The summed E-state index contributed by atoms with van der Waals surface area (Å²) < 4.78 is 27.5. The van der Waals surface area contributed by atoms with Crippen molar-refractivity contribution >= 4 is 21.7 Å². The molecule has 21 heavy (non-hydrogen) atoms. The largest absolute Gasteiger partial charge is 0.481 e. The Morgan fingerprint density at radius 2 is 1.86 bits per heavy atom. The maximum absolute atomic E-state index is 12.4. The minimum absolute atomic E-state index is 0.0117. The Morgan fingerprint density at radius 3 is 2.52 bits per heavy atom. The smallest absolute Gasteiger partial charge is 0.303 e. The van der Waals surface area contributed by atoms with Crippen LogP contribution in [0.15, 0.2) is 24.3 Å². The number of hydrogen-bond donors (Lipinski definition) is 2. The number of aliphatic carboxylic acids is 1. The van der Waals surface area contributed by atoms with Gasteiger partial charge in [-0.05, 0) is 30.9 Å². The SMILES string of the molecule is O=C(O)CCc1ccccc1NS(=O)(=O)C1CCCCC1. The van der Waals surface area contributed by atoms with E-state index in [1.54, 1.807) is 24.3 Å². The van der Waals surface area contributed by atoms with Gasteiger partial charge in [0, 0.05) is 6.42 Å². The van der Waals surface area contributed by atoms with Crippen LogP contribution in [0, 0.1) is 0 Å². The Hall–Kier alpha value is -1.56. The van der Waals surface area contributed by atoms with Gasteiger partial charge in [0.2, 0.25) is 10.0 Å². The van der Waals surface area contributed by atoms with Crippen LogP contribution < -0.4 is 4.72 Å². The molecule has 2 rings (SSSR count). The molecule has 0 atom stereocenters. The maximum Gasteiger partial charge on any atom is 0.303 e. The van der Waals surface area contributed by atoms with Crippen molar-refractivity contribution < 1.29 is 18.3 Å². The molecule has 0 spiro atoms. The fourth-order valence-electron chi connectivity index (χ4n) is 2.69. The standard InChI is InChI=1S/C15H21NO4S/c17-15(18)11-10-12-6-4-5-9-14(12)16-21(19,20)13-7-2-1-3-8-13/h4-6,9,13,16H,1-3,7-8,10-11H2,(H,17,18). The number of carbonyl (C=O) groups is 1. The van der Waals surface area contributed by atoms with Gasteiger partial charge < -0.3 is 5.11 Å². The van der Waals surface area contributed by atoms with Crippen molar-refractivity contribution in [3.05, 3.63) is 29.8 Å². The number of para-hydroxylation sites is 1. The van der Waals surface area contributed by atoms with Gasteiger partial charge in [0.1, 0.15) is 0 Å². The van der Waals surface area contributed by atoms with E-state index in [-0.39, 0.29) is 11.7 Å². The summed E-state index contributed by atoms with van der Waals surface area (Å²) in [6, 6.07) is 7.00. The molecular weight excluding hydrogens is 290 g/mol. The molecule has 0 unspecified atom stereocenters. The van der Waals surface area contributed by atoms with Crippen LogP contribution in [0.3, 0.4) is 0 Å². The zero-order valence-electron chi connectivity index (χ0n) is 11.9. The van der Waals surface area contributed by atoms with Crippen LogP contribution >= 0.6 is 0 Å². The fourth-order valence-corrected chi connectivity index (χ4v) is 4.32. The van der Waals surface area contributed by atoms with Crippen LogP contribution in [-0.2, 0) is 21.2 Å². The van der Waals surface area contributed by atoms with Gasteiger partial charge in [0.05, 0.1) is 10.9 Å². The van der Waals surface area contributed by atoms with Crippen molar-refractivity contribution in [1.29, 1.82) is 0 Å². The van der Waals surface area contributed by atoms with Crippen molar-refractivity contribution in [1.82, 2.24) is 0 Å². The minimum Gasteiger partial charge on any atom is -0.481 e. The Kier molecular flexibility index (Phi) is 5.22. The molecule has 0 saturated heterocycles. The van der Waals surface area contributed by atoms with Crippen molar-refractivity contribution in [2.45, 2.75) is 50.2 Å². The summed E-state index contributed by atoms with van der Waals surface area (Å²) in [5.41, 5.74) is 1.23. The molecule has 116 valence electrons. The van der Waals surface area contributed by atoms with E-state index in [4.69, 9.17) is 5.11 Å². The van der Waals surface area contributed by atoms with Crippen LogP contribution in [0.4, 0.5) is 5.69 Å². The summed E-state index contributed by atoms with van der Waals surface area (Å²) in [5, 5.41) is 8.43. The summed E-state index contributed by atoms with van der Waals surface area (Å²) >= 11 is 0. The second-order valence-electron chi connectivity index (χ2n) is 5.46. The average Bonchev–Trinajstić information content (AvgIpc) is 2.47. The molecule has 1 aliphatic carbocycles. The number of rotatable bonds is 6. The lowest BCUT2D eigenvalue weighted by molar-refractivity contribution is -0.136. The van der Waals surface area contributed by atoms with E-state index in [0.717, 1.165) is 24.8 Å². The fraction of sp³-hybridized carbons (Fsp3) is 0.533. The topological polar surface area (TPSA) is 83.5 Å². The summed E-state index contributed by atoms with van der Waals surface area (Å²) in [6.45, 7) is 0. The van der Waals surface area contributed by atoms with Crippen molar-refractivity contribution in [3.63, 3.8) is 0 Å². The number of sulfonamides is 1. The van der Waals surface area contributed by atoms with Gasteiger partial charge >= 0.3 is 5.97 Å². The second-order valence-corrected chi connectivity index (χ2v) is 7.42. The monoisotopic (exact) mass is 311 g/mol. The molecule has 5 nitrogen and oxygen atoms in total. The highest BCUT2D eigenvalue weighted by atomic mass is 32.2. The number of carboxylic acid groups (broad SMARTS) is 1. The highest BCUT2D eigenvalue weighted by Crippen LogP contribution is 2.26. The number of anilines is 1. The third-order valence-corrected chi connectivity index (χ3v) is 5.72. The molecule has 6 heteroatoms. The Balaban J connectivity index is 2.12. The predicted molar refractivity (Wildman–Crippen MR) is 81.8 cm³/mol. The summed E-state index contributed by atoms with van der Waals surface area (Å²) in [5.74, 6) is -0.889. The molecule has 2 N–H and O–H groups in total. The van der Waals surface area contributed by atoms with Crippen molar-refractivity contribution in [2.24, 2.45) is 0 Å². The van der Waals surface area contributed by atoms with E-state index in [0.29, 0.717) is 24.9 Å². The first-order valence-corrected chi connectivity index (χ1v) is 8.85. The third kappa shape index (κ3) is 4.46. The highest BCUT2D eigenvalue weighted by molar-refractivity contribution is 7.93. The Bertz CT molecular complexity index is 591. The number of hydrogen-bond acceptors (Lipinski definition) is 3. The van der Waals surface area contributed by atoms with E-state index in [1.165, 1.54) is 0 Å². The molecule has 0 aromatic heterocycles. The van der Waals surface area contributed by atoms with Gasteiger partial charge in [0.25, 0.3) is 0 Å². The van der Waals surface area contributed by atoms with Crippen molar-refractivity contribution in [2.75, 3.05) is 4.72 Å². The molecule has 0 aliphatic heterocycles. The minimum atomic E-state index is -3.39. The maximum atomic E-state index is 12.4. The van der Waals surface area contributed by atoms with E-state index >= 15 is 0 Å². The number of aryl methyl sites for hydroxylation is 1. The van der Waals surface area contributed by atoms with E-state index < -0.39 is 16.0 Å². The van der Waals surface area contributed by atoms with Crippen LogP contribution in [0.1, 0.15) is 44.1 Å². The van der Waals surface area contributed by atoms with Gasteiger partial charge in [-0.1, -0.05) is 37.5 Å². The molecular formula is C15H21NO4S. The van der Waals surface area contributed by atoms with Crippen molar-refractivity contribution in [3.8, 4) is 0 Å². The molecule has 1 saturated carbocycles. The highest BCUT2D eigenvalue weighted by Gasteiger charge is 2.27. The summed E-state index contributed by atoms with van der Waals surface area (Å²) in [4.78, 5) is 10.7. The van der Waals surface area contributed by atoms with Crippen LogP contribution in [0.2, 0.25) is 0 Å². The van der Waals surface area contributed by atoms with Crippen LogP contribution in [0.25, 0.3) is 0 Å². The van der Waals surface area contributed by atoms with Gasteiger partial charge in [-0.15, -0.1) is 0 Å². The lowest BCUT2D eigenvalue weighted by Gasteiger charge is -2.23. The molecule has 0 radical (unpaired) electrons. The molecule has 1 aromatic rings. The van der Waals surface area contributed by atoms with Crippen LogP contribution in [-0.4, -0.2) is 24.7 Å². The normalized spacial score (nSPS) is 16.6. The van der Waals surface area contributed by atoms with E-state index in [2.05, 4.69) is 4.72 Å². The molecule has 0 bridgehead atoms. The molecule has 1 fully saturated rings. The van der Waals surface area contributed by atoms with E-state index in [9.17, 15) is 13.2 Å². The molecule has 0 amide bonds. The lowest BCUT2D eigenvalue weighted by Crippen LogP contribution is -2.30. The summed E-state index contributed by atoms with van der Waals surface area (Å²) in [6.07, 6.45) is 4.71. The number of benzene rings is 1. The van der Waals surface area contributed by atoms with Gasteiger partial charge in [-0.25, -0.2) is 8.42 Å². The summed E-state index contributed by atoms with van der Waals surface area (Å²) in [7, 11) is -3.39. The first kappa shape index (κ1) is 15.8. The van der Waals surface area contributed by atoms with Gasteiger partial charge in [-0.2, -0.15) is 0 Å². The first-order chi connectivity index (χ1) is 9.99. The Labute approximate surface area is 125 Å².